The van der Waals surface area contributed by atoms with E-state index in [9.17, 15) is 10.0 Å². The molecule has 4 aromatic rings. The molecule has 5 rings (SSSR count). The summed E-state index contributed by atoms with van der Waals surface area (Å²) in [6.45, 7) is 0. The third kappa shape index (κ3) is 2.97. The number of rotatable bonds is 3. The summed E-state index contributed by atoms with van der Waals surface area (Å²) in [6, 6.07) is 34.1. The minimum Gasteiger partial charge on any atom is -0.423 e. The molecule has 0 radical (unpaired) electrons. The van der Waals surface area contributed by atoms with E-state index in [0.717, 1.165) is 34.1 Å². The fourth-order valence-electron chi connectivity index (χ4n) is 3.88. The molecular weight excluding hydrogens is 359 g/mol. The van der Waals surface area contributed by atoms with Crippen LogP contribution in [0.3, 0.4) is 0 Å². The minimum absolute atomic E-state index is 0.456. The average molecular weight is 378 g/mol. The maximum atomic E-state index is 9.78. The summed E-state index contributed by atoms with van der Waals surface area (Å²) in [5.41, 5.74) is 6.47. The van der Waals surface area contributed by atoms with Gasteiger partial charge in [0, 0.05) is 11.4 Å². The SMILES string of the molecule is OB(O)c1ccc2c(c1)N(c1ccccc1)c1ccccc1N2c1ccccc1. The van der Waals surface area contributed by atoms with Gasteiger partial charge in [-0.2, -0.15) is 0 Å². The Bertz CT molecular complexity index is 1150. The van der Waals surface area contributed by atoms with Gasteiger partial charge in [0.25, 0.3) is 0 Å². The molecule has 0 spiro atoms. The highest BCUT2D eigenvalue weighted by Gasteiger charge is 2.31. The van der Waals surface area contributed by atoms with E-state index in [4.69, 9.17) is 0 Å². The Labute approximate surface area is 170 Å². The molecule has 4 aromatic carbocycles. The first-order valence-corrected chi connectivity index (χ1v) is 9.53. The van der Waals surface area contributed by atoms with E-state index in [1.807, 2.05) is 60.7 Å². The van der Waals surface area contributed by atoms with E-state index in [1.165, 1.54) is 0 Å². The summed E-state index contributed by atoms with van der Waals surface area (Å²) in [5.74, 6) is 0. The van der Waals surface area contributed by atoms with Crippen LogP contribution in [0.5, 0.6) is 0 Å². The van der Waals surface area contributed by atoms with Crippen molar-refractivity contribution >= 4 is 46.7 Å². The highest BCUT2D eigenvalue weighted by Crippen LogP contribution is 2.53. The van der Waals surface area contributed by atoms with Crippen molar-refractivity contribution in [3.63, 3.8) is 0 Å². The molecule has 0 amide bonds. The normalized spacial score (nSPS) is 12.3. The molecule has 5 heteroatoms. The van der Waals surface area contributed by atoms with Crippen LogP contribution < -0.4 is 15.3 Å². The maximum absolute atomic E-state index is 9.78. The van der Waals surface area contributed by atoms with Gasteiger partial charge in [-0.15, -0.1) is 0 Å². The van der Waals surface area contributed by atoms with E-state index in [2.05, 4.69) is 46.2 Å². The molecular formula is C24H19BN2O2. The van der Waals surface area contributed by atoms with Crippen molar-refractivity contribution in [2.24, 2.45) is 0 Å². The van der Waals surface area contributed by atoms with Gasteiger partial charge >= 0.3 is 7.12 Å². The molecule has 0 bridgehead atoms. The molecule has 0 aromatic heterocycles. The van der Waals surface area contributed by atoms with E-state index in [0.29, 0.717) is 5.46 Å². The number of hydrogen-bond acceptors (Lipinski definition) is 4. The van der Waals surface area contributed by atoms with Crippen molar-refractivity contribution in [3.8, 4) is 0 Å². The third-order valence-corrected chi connectivity index (χ3v) is 5.17. The lowest BCUT2D eigenvalue weighted by molar-refractivity contribution is 0.426. The first-order chi connectivity index (χ1) is 14.2. The van der Waals surface area contributed by atoms with Crippen LogP contribution in [-0.2, 0) is 0 Å². The predicted octanol–water partition coefficient (Wildman–Crippen LogP) is 4.62. The van der Waals surface area contributed by atoms with Crippen molar-refractivity contribution in [1.29, 1.82) is 0 Å². The highest BCUT2D eigenvalue weighted by molar-refractivity contribution is 6.58. The van der Waals surface area contributed by atoms with Crippen molar-refractivity contribution in [2.75, 3.05) is 9.80 Å². The molecule has 2 N–H and O–H groups in total. The Morgan fingerprint density at radius 1 is 0.483 bits per heavy atom. The Hall–Kier alpha value is -3.54. The molecule has 1 heterocycles. The molecule has 0 atom stereocenters. The third-order valence-electron chi connectivity index (χ3n) is 5.17. The maximum Gasteiger partial charge on any atom is 0.488 e. The van der Waals surface area contributed by atoms with Gasteiger partial charge in [-0.05, 0) is 54.0 Å². The predicted molar refractivity (Wildman–Crippen MR) is 119 cm³/mol. The van der Waals surface area contributed by atoms with Crippen LogP contribution >= 0.6 is 0 Å². The second-order valence-electron chi connectivity index (χ2n) is 6.95. The smallest absolute Gasteiger partial charge is 0.423 e. The zero-order valence-electron chi connectivity index (χ0n) is 15.7. The fraction of sp³-hybridized carbons (Fsp3) is 0. The van der Waals surface area contributed by atoms with E-state index < -0.39 is 7.12 Å². The first-order valence-electron chi connectivity index (χ1n) is 9.53. The average Bonchev–Trinajstić information content (AvgIpc) is 2.78. The summed E-state index contributed by atoms with van der Waals surface area (Å²) < 4.78 is 0. The van der Waals surface area contributed by atoms with Crippen LogP contribution in [0.15, 0.2) is 103 Å². The molecule has 0 saturated carbocycles. The van der Waals surface area contributed by atoms with Crippen LogP contribution in [0.25, 0.3) is 0 Å². The number of nitrogens with zero attached hydrogens (tertiary/aromatic N) is 2. The van der Waals surface area contributed by atoms with E-state index in [-0.39, 0.29) is 0 Å². The zero-order chi connectivity index (χ0) is 19.8. The Balaban J connectivity index is 1.81. The molecule has 0 fully saturated rings. The lowest BCUT2D eigenvalue weighted by atomic mass is 9.79. The molecule has 0 saturated heterocycles. The second kappa shape index (κ2) is 7.13. The lowest BCUT2D eigenvalue weighted by Crippen LogP contribution is -2.32. The van der Waals surface area contributed by atoms with Gasteiger partial charge in [-0.1, -0.05) is 54.6 Å². The van der Waals surface area contributed by atoms with E-state index in [1.54, 1.807) is 6.07 Å². The largest absolute Gasteiger partial charge is 0.488 e. The summed E-state index contributed by atoms with van der Waals surface area (Å²) in [4.78, 5) is 4.37. The van der Waals surface area contributed by atoms with Gasteiger partial charge in [0.2, 0.25) is 0 Å². The highest BCUT2D eigenvalue weighted by atomic mass is 16.4. The van der Waals surface area contributed by atoms with Crippen molar-refractivity contribution in [3.05, 3.63) is 103 Å². The molecule has 1 aliphatic heterocycles. The van der Waals surface area contributed by atoms with Gasteiger partial charge in [0.1, 0.15) is 0 Å². The van der Waals surface area contributed by atoms with Crippen molar-refractivity contribution in [2.45, 2.75) is 0 Å². The van der Waals surface area contributed by atoms with Crippen LogP contribution in [0.2, 0.25) is 0 Å². The van der Waals surface area contributed by atoms with Crippen LogP contribution in [-0.4, -0.2) is 17.2 Å². The number of anilines is 6. The first kappa shape index (κ1) is 17.6. The number of benzene rings is 4. The Morgan fingerprint density at radius 3 is 1.45 bits per heavy atom. The quantitative estimate of drug-likeness (QED) is 0.450. The van der Waals surface area contributed by atoms with Gasteiger partial charge in [0.05, 0.1) is 22.7 Å². The number of hydrogen-bond donors (Lipinski definition) is 2. The molecule has 1 aliphatic rings. The topological polar surface area (TPSA) is 46.9 Å². The molecule has 0 aliphatic carbocycles. The van der Waals surface area contributed by atoms with E-state index >= 15 is 0 Å². The van der Waals surface area contributed by atoms with Crippen molar-refractivity contribution in [1.82, 2.24) is 0 Å². The molecule has 140 valence electrons. The van der Waals surface area contributed by atoms with Gasteiger partial charge < -0.3 is 19.8 Å². The molecule has 29 heavy (non-hydrogen) atoms. The lowest BCUT2D eigenvalue weighted by Gasteiger charge is -2.40. The number of para-hydroxylation sites is 4. The van der Waals surface area contributed by atoms with Crippen LogP contribution in [0, 0.1) is 0 Å². The zero-order valence-corrected chi connectivity index (χ0v) is 15.7. The minimum atomic E-state index is -1.53. The standard InChI is InChI=1S/C24H19BN2O2/c28-25(29)18-15-16-23-24(17-18)27(20-11-5-2-6-12-20)22-14-8-7-13-21(22)26(23)19-9-3-1-4-10-19/h1-17,28-29H. The van der Waals surface area contributed by atoms with Crippen LogP contribution in [0.4, 0.5) is 34.1 Å². The molecule has 4 nitrogen and oxygen atoms in total. The molecule has 0 unspecified atom stereocenters. The van der Waals surface area contributed by atoms with Gasteiger partial charge in [-0.25, -0.2) is 0 Å². The van der Waals surface area contributed by atoms with Gasteiger partial charge in [-0.3, -0.25) is 0 Å². The summed E-state index contributed by atoms with van der Waals surface area (Å²) >= 11 is 0. The number of fused-ring (bicyclic) bond motifs is 2. The Morgan fingerprint density at radius 2 is 0.931 bits per heavy atom. The summed E-state index contributed by atoms with van der Waals surface area (Å²) in [5, 5.41) is 19.6. The Kier molecular flexibility index (Phi) is 4.32. The van der Waals surface area contributed by atoms with Gasteiger partial charge in [0.15, 0.2) is 0 Å². The summed E-state index contributed by atoms with van der Waals surface area (Å²) in [6.07, 6.45) is 0. The van der Waals surface area contributed by atoms with Crippen LogP contribution in [0.1, 0.15) is 0 Å². The summed E-state index contributed by atoms with van der Waals surface area (Å²) in [7, 11) is -1.53. The second-order valence-corrected chi connectivity index (χ2v) is 6.95. The fourth-order valence-corrected chi connectivity index (χ4v) is 3.88. The monoisotopic (exact) mass is 378 g/mol. The van der Waals surface area contributed by atoms with Crippen molar-refractivity contribution < 1.29 is 10.0 Å².